The van der Waals surface area contributed by atoms with Crippen LogP contribution >= 0.6 is 12.2 Å². The van der Waals surface area contributed by atoms with E-state index in [1.165, 1.54) is 0 Å². The second-order valence-electron chi connectivity index (χ2n) is 15.8. The van der Waals surface area contributed by atoms with Crippen LogP contribution in [0, 0.1) is 0 Å². The zero-order valence-corrected chi connectivity index (χ0v) is 39.8. The zero-order chi connectivity index (χ0) is 48.8. The molecule has 1 aliphatic heterocycles. The van der Waals surface area contributed by atoms with Crippen molar-refractivity contribution in [1.82, 2.24) is 30.7 Å². The third-order valence-corrected chi connectivity index (χ3v) is 11.2. The number of anilines is 4. The molecule has 12 nitrogen and oxygen atoms in total. The minimum atomic E-state index is -0.513. The maximum absolute atomic E-state index is 12.8. The minimum absolute atomic E-state index is 0. The van der Waals surface area contributed by atoms with Crippen LogP contribution in [0.15, 0.2) is 223 Å². The fourth-order valence-electron chi connectivity index (χ4n) is 7.77. The van der Waals surface area contributed by atoms with Crippen molar-refractivity contribution in [3.63, 3.8) is 0 Å². The fraction of sp³-hybridized carbons (Fsp3) is 0.0517. The average molecular weight is 956 g/mol. The van der Waals surface area contributed by atoms with Gasteiger partial charge in [-0.05, 0) is 72.9 Å². The van der Waals surface area contributed by atoms with Crippen LogP contribution in [-0.2, 0) is 0 Å². The van der Waals surface area contributed by atoms with E-state index in [4.69, 9.17) is 32.2 Å². The summed E-state index contributed by atoms with van der Waals surface area (Å²) in [5, 5.41) is 16.8. The molecule has 0 saturated carbocycles. The Morgan fingerprint density at radius 2 is 0.831 bits per heavy atom. The molecule has 2 amide bonds. The predicted molar refractivity (Wildman–Crippen MR) is 303 cm³/mol. The van der Waals surface area contributed by atoms with Gasteiger partial charge in [-0.3, -0.25) is 15.6 Å². The molecule has 356 valence electrons. The van der Waals surface area contributed by atoms with Gasteiger partial charge in [0.2, 0.25) is 0 Å². The van der Waals surface area contributed by atoms with Crippen LogP contribution in [-0.4, -0.2) is 43.7 Å². The summed E-state index contributed by atoms with van der Waals surface area (Å²) in [6, 6.07) is 70.9. The Kier molecular flexibility index (Phi) is 14.9. The Morgan fingerprint density at radius 3 is 1.27 bits per heavy atom. The van der Waals surface area contributed by atoms with Gasteiger partial charge in [-0.25, -0.2) is 24.7 Å². The molecular weight excluding hydrogens is 899 g/mol. The summed E-state index contributed by atoms with van der Waals surface area (Å²) in [6.07, 6.45) is 1.13. The van der Waals surface area contributed by atoms with E-state index < -0.39 is 6.29 Å². The normalized spacial score (nSPS) is 12.4. The van der Waals surface area contributed by atoms with Crippen molar-refractivity contribution >= 4 is 74.5 Å². The second kappa shape index (κ2) is 22.6. The Morgan fingerprint density at radius 1 is 0.465 bits per heavy atom. The molecule has 8 aromatic carbocycles. The predicted octanol–water partition coefficient (Wildman–Crippen LogP) is 14.2. The number of amides is 2. The van der Waals surface area contributed by atoms with Crippen LogP contribution in [0.5, 0.6) is 0 Å². The van der Waals surface area contributed by atoms with Gasteiger partial charge in [0.25, 0.3) is 0 Å². The molecule has 0 aliphatic carbocycles. The molecule has 13 heteroatoms. The molecular formula is C58H57N11OS. The van der Waals surface area contributed by atoms with E-state index in [9.17, 15) is 4.79 Å². The van der Waals surface area contributed by atoms with Crippen molar-refractivity contribution in [2.75, 3.05) is 20.9 Å². The first kappa shape index (κ1) is 46.8. The number of carbonyl (C=O) groups excluding carboxylic acids is 1. The lowest BCUT2D eigenvalue weighted by Crippen LogP contribution is -2.52. The number of para-hydroxylation sites is 2. The maximum Gasteiger partial charge on any atom is 0.322 e. The van der Waals surface area contributed by atoms with E-state index in [1.54, 1.807) is 6.34 Å². The number of hydrogen-bond acceptors (Lipinski definition) is 9. The molecule has 71 heavy (non-hydrogen) atoms. The van der Waals surface area contributed by atoms with Crippen LogP contribution in [0.4, 0.5) is 27.5 Å². The lowest BCUT2D eigenvalue weighted by atomic mass is 10.0. The topological polar surface area (TPSA) is 144 Å². The van der Waals surface area contributed by atoms with Gasteiger partial charge in [-0.15, -0.1) is 0 Å². The second-order valence-corrected chi connectivity index (χ2v) is 16.2. The summed E-state index contributed by atoms with van der Waals surface area (Å²) in [5.41, 5.74) is 16.6. The van der Waals surface area contributed by atoms with Crippen molar-refractivity contribution in [1.29, 1.82) is 0 Å². The first-order valence-corrected chi connectivity index (χ1v) is 23.6. The zero-order valence-electron chi connectivity index (χ0n) is 38.9. The Hall–Kier alpha value is -9.33. The molecule has 1 aliphatic rings. The molecule has 0 fully saturated rings. The van der Waals surface area contributed by atoms with Gasteiger partial charge in [0.15, 0.2) is 11.4 Å². The number of rotatable bonds is 9. The largest absolute Gasteiger partial charge is 0.332 e. The summed E-state index contributed by atoms with van der Waals surface area (Å²) < 4.78 is 0. The first-order chi connectivity index (χ1) is 35.0. The summed E-state index contributed by atoms with van der Waals surface area (Å²) in [5.74, 6) is 0. The number of aromatic nitrogens is 4. The van der Waals surface area contributed by atoms with Crippen LogP contribution in [0.1, 0.15) is 19.6 Å². The molecule has 5 N–H and O–H groups in total. The van der Waals surface area contributed by atoms with E-state index in [-0.39, 0.29) is 11.7 Å². The highest BCUT2D eigenvalue weighted by molar-refractivity contribution is 7.80. The van der Waals surface area contributed by atoms with Crippen LogP contribution < -0.4 is 31.6 Å². The summed E-state index contributed by atoms with van der Waals surface area (Å²) in [6.45, 7) is 4.00. The first-order valence-electron chi connectivity index (χ1n) is 23.2. The molecule has 2 aromatic heterocycles. The van der Waals surface area contributed by atoms with Crippen molar-refractivity contribution in [2.24, 2.45) is 5.10 Å². The van der Waals surface area contributed by atoms with Gasteiger partial charge in [0.1, 0.15) is 6.34 Å². The molecule has 3 heterocycles. The molecule has 1 atom stereocenters. The number of fused-ring (bicyclic) bond motifs is 2. The Balaban J connectivity index is 0.000000258. The monoisotopic (exact) mass is 955 g/mol. The van der Waals surface area contributed by atoms with Gasteiger partial charge in [0, 0.05) is 50.7 Å². The third kappa shape index (κ3) is 11.5. The van der Waals surface area contributed by atoms with Crippen molar-refractivity contribution in [3.05, 3.63) is 218 Å². The molecule has 1 unspecified atom stereocenters. The quantitative estimate of drug-likeness (QED) is 0.0887. The number of carbonyl (C=O) groups is 1. The molecule has 10 aromatic rings. The van der Waals surface area contributed by atoms with Crippen LogP contribution in [0.3, 0.4) is 0 Å². The number of nitrogens with zero attached hydrogens (tertiary/aromatic N) is 6. The van der Waals surface area contributed by atoms with Gasteiger partial charge >= 0.3 is 6.03 Å². The third-order valence-electron chi connectivity index (χ3n) is 11.0. The summed E-state index contributed by atoms with van der Waals surface area (Å²) >= 11 is 5.47. The van der Waals surface area contributed by atoms with E-state index in [0.717, 1.165) is 78.6 Å². The molecule has 0 saturated heterocycles. The van der Waals surface area contributed by atoms with Gasteiger partial charge in [-0.2, -0.15) is 5.10 Å². The highest BCUT2D eigenvalue weighted by Gasteiger charge is 2.23. The smallest absolute Gasteiger partial charge is 0.322 e. The van der Waals surface area contributed by atoms with E-state index in [2.05, 4.69) is 56.1 Å². The SMILES string of the molecule is CC.O=C(Nc1ccc2nc(-c3ccccc3)c(-c3ccccc3)nc2c1)NC1NN=CN1c1ccccc1.S=C(Nc1ccccc1)Nc1ccc2nc(-c3ccccc3)c(-c3ccccc3)nc2c1.[HH].[HH].[HH].[HH]. The number of nitrogens with one attached hydrogen (secondary N) is 5. The summed E-state index contributed by atoms with van der Waals surface area (Å²) in [4.78, 5) is 34.6. The number of urea groups is 1. The van der Waals surface area contributed by atoms with Crippen molar-refractivity contribution in [3.8, 4) is 45.0 Å². The van der Waals surface area contributed by atoms with E-state index >= 15 is 0 Å². The fourth-order valence-corrected chi connectivity index (χ4v) is 8.01. The maximum atomic E-state index is 12.8. The van der Waals surface area contributed by atoms with E-state index in [1.807, 2.05) is 213 Å². The van der Waals surface area contributed by atoms with Crippen molar-refractivity contribution in [2.45, 2.75) is 20.1 Å². The number of benzene rings is 8. The highest BCUT2D eigenvalue weighted by atomic mass is 32.1. The molecule has 0 spiro atoms. The molecule has 0 bridgehead atoms. The summed E-state index contributed by atoms with van der Waals surface area (Å²) in [7, 11) is 0. The van der Waals surface area contributed by atoms with Gasteiger partial charge in [-0.1, -0.05) is 172 Å². The van der Waals surface area contributed by atoms with Gasteiger partial charge in [0.05, 0.1) is 44.8 Å². The highest BCUT2D eigenvalue weighted by Crippen LogP contribution is 2.33. The Labute approximate surface area is 423 Å². The van der Waals surface area contributed by atoms with Crippen LogP contribution in [0.25, 0.3) is 67.1 Å². The molecule has 0 radical (unpaired) electrons. The lowest BCUT2D eigenvalue weighted by molar-refractivity contribution is 0.247. The number of hydrogen-bond donors (Lipinski definition) is 5. The minimum Gasteiger partial charge on any atom is -0.332 e. The van der Waals surface area contributed by atoms with Crippen LogP contribution in [0.2, 0.25) is 0 Å². The van der Waals surface area contributed by atoms with E-state index in [0.29, 0.717) is 16.3 Å². The molecule has 11 rings (SSSR count). The standard InChI is InChI=1S/C29H23N7O.C27H20N4S.C2H6.4H2/c37-29(34-28-35-30-19-36(28)23-14-8-3-9-15-23)31-22-16-17-24-25(18-22)33-27(21-12-6-2-7-13-21)26(32-24)20-10-4-1-5-11-20;32-27(28-21-14-8-3-9-15-21)29-22-16-17-23-24(18-22)31-26(20-12-6-2-7-13-20)25(30-23)19-10-4-1-5-11-19;1-2;;;;/h1-19,28,35H,(H2,31,34,37);1-18H,(H2,28,29,32);1-2H3;4*1H. The van der Waals surface area contributed by atoms with Gasteiger partial charge < -0.3 is 16.0 Å². The average Bonchev–Trinajstić information content (AvgIpc) is 3.90. The number of hydrazone groups is 1. The lowest BCUT2D eigenvalue weighted by Gasteiger charge is -2.24. The number of thiocarbonyl (C=S) groups is 1. The van der Waals surface area contributed by atoms with Crippen molar-refractivity contribution < 1.29 is 10.5 Å². The Bertz CT molecular complexity index is 3430.